The molecule has 0 spiro atoms. The van der Waals surface area contributed by atoms with Crippen molar-refractivity contribution in [2.24, 2.45) is 0 Å². The first-order valence-electron chi connectivity index (χ1n) is 12.4. The molecule has 0 saturated carbocycles. The summed E-state index contributed by atoms with van der Waals surface area (Å²) in [4.78, 5) is 4.85. The van der Waals surface area contributed by atoms with Gasteiger partial charge in [-0.1, -0.05) is 97.1 Å². The summed E-state index contributed by atoms with van der Waals surface area (Å²) in [5.74, 6) is 0. The van der Waals surface area contributed by atoms with Gasteiger partial charge in [0.05, 0.1) is 11.0 Å². The number of benzene rings is 7. The maximum absolute atomic E-state index is 4.85. The second kappa shape index (κ2) is 7.37. The van der Waals surface area contributed by atoms with Crippen LogP contribution in [0.5, 0.6) is 0 Å². The van der Waals surface area contributed by atoms with Gasteiger partial charge in [0.2, 0.25) is 0 Å². The fourth-order valence-electron chi connectivity index (χ4n) is 5.81. The van der Waals surface area contributed by atoms with Crippen LogP contribution in [-0.4, -0.2) is 4.98 Å². The molecule has 0 fully saturated rings. The third-order valence-electron chi connectivity index (χ3n) is 7.55. The molecule has 8 rings (SSSR count). The molecule has 1 aromatic heterocycles. The van der Waals surface area contributed by atoms with Gasteiger partial charge in [0, 0.05) is 10.8 Å². The topological polar surface area (TPSA) is 12.9 Å². The van der Waals surface area contributed by atoms with E-state index in [4.69, 9.17) is 4.98 Å². The summed E-state index contributed by atoms with van der Waals surface area (Å²) in [5, 5.41) is 10.3. The second-order valence-corrected chi connectivity index (χ2v) is 9.64. The molecular formula is C35H21N. The predicted molar refractivity (Wildman–Crippen MR) is 154 cm³/mol. The van der Waals surface area contributed by atoms with Gasteiger partial charge in [0.1, 0.15) is 0 Å². The maximum atomic E-state index is 4.85. The number of rotatable bonds is 2. The van der Waals surface area contributed by atoms with E-state index in [0.717, 1.165) is 11.0 Å². The Morgan fingerprint density at radius 1 is 0.361 bits per heavy atom. The minimum Gasteiger partial charge on any atom is -0.248 e. The third kappa shape index (κ3) is 2.87. The fraction of sp³-hybridized carbons (Fsp3) is 0. The van der Waals surface area contributed by atoms with Crippen LogP contribution < -0.4 is 0 Å². The normalized spacial score (nSPS) is 11.9. The molecule has 0 bridgehead atoms. The first kappa shape index (κ1) is 19.5. The summed E-state index contributed by atoms with van der Waals surface area (Å²) in [6.07, 6.45) is 0. The molecule has 0 unspecified atom stereocenters. The highest BCUT2D eigenvalue weighted by atomic mass is 14.7. The maximum Gasteiger partial charge on any atom is 0.0710 e. The second-order valence-electron chi connectivity index (χ2n) is 9.64. The zero-order chi connectivity index (χ0) is 23.6. The predicted octanol–water partition coefficient (Wildman–Crippen LogP) is 9.62. The van der Waals surface area contributed by atoms with E-state index in [2.05, 4.69) is 121 Å². The lowest BCUT2D eigenvalue weighted by atomic mass is 9.89. The molecule has 7 aromatic carbocycles. The molecule has 0 saturated heterocycles. The van der Waals surface area contributed by atoms with Crippen molar-refractivity contribution in [1.82, 2.24) is 4.98 Å². The summed E-state index contributed by atoms with van der Waals surface area (Å²) in [6.45, 7) is 0. The van der Waals surface area contributed by atoms with Gasteiger partial charge in [-0.05, 0) is 84.9 Å². The minimum atomic E-state index is 1.03. The Morgan fingerprint density at radius 2 is 1.03 bits per heavy atom. The summed E-state index contributed by atoms with van der Waals surface area (Å²) in [7, 11) is 0. The van der Waals surface area contributed by atoms with Gasteiger partial charge in [-0.25, -0.2) is 4.98 Å². The largest absolute Gasteiger partial charge is 0.248 e. The van der Waals surface area contributed by atoms with Gasteiger partial charge < -0.3 is 0 Å². The summed E-state index contributed by atoms with van der Waals surface area (Å²) < 4.78 is 0. The summed E-state index contributed by atoms with van der Waals surface area (Å²) in [5.41, 5.74) is 7.00. The zero-order valence-electron chi connectivity index (χ0n) is 19.6. The van der Waals surface area contributed by atoms with Crippen LogP contribution in [0, 0.1) is 0 Å². The van der Waals surface area contributed by atoms with Crippen LogP contribution in [0.15, 0.2) is 127 Å². The number of hydrogen-bond donors (Lipinski definition) is 0. The van der Waals surface area contributed by atoms with E-state index in [9.17, 15) is 0 Å². The highest BCUT2D eigenvalue weighted by Crippen LogP contribution is 2.40. The smallest absolute Gasteiger partial charge is 0.0710 e. The molecule has 0 amide bonds. The van der Waals surface area contributed by atoms with Gasteiger partial charge in [0.25, 0.3) is 0 Å². The number of nitrogens with zero attached hydrogens (tertiary/aromatic N) is 1. The molecule has 166 valence electrons. The average molecular weight is 456 g/mol. The Kier molecular flexibility index (Phi) is 4.00. The summed E-state index contributed by atoms with van der Waals surface area (Å²) >= 11 is 0. The van der Waals surface area contributed by atoms with E-state index in [1.165, 1.54) is 65.3 Å². The van der Waals surface area contributed by atoms with Crippen LogP contribution in [0.1, 0.15) is 0 Å². The molecule has 36 heavy (non-hydrogen) atoms. The van der Waals surface area contributed by atoms with Gasteiger partial charge >= 0.3 is 0 Å². The van der Waals surface area contributed by atoms with Crippen molar-refractivity contribution in [3.8, 4) is 22.3 Å². The van der Waals surface area contributed by atoms with E-state index < -0.39 is 0 Å². The van der Waals surface area contributed by atoms with Gasteiger partial charge in [-0.15, -0.1) is 0 Å². The van der Waals surface area contributed by atoms with Gasteiger partial charge in [-0.3, -0.25) is 0 Å². The van der Waals surface area contributed by atoms with E-state index in [-0.39, 0.29) is 0 Å². The van der Waals surface area contributed by atoms with E-state index in [1.807, 2.05) is 6.07 Å². The molecule has 8 aromatic rings. The van der Waals surface area contributed by atoms with Crippen LogP contribution in [0.3, 0.4) is 0 Å². The molecular weight excluding hydrogens is 434 g/mol. The molecule has 0 aliphatic carbocycles. The molecule has 0 radical (unpaired) electrons. The first-order chi connectivity index (χ1) is 17.8. The summed E-state index contributed by atoms with van der Waals surface area (Å²) in [6, 6.07) is 46.2. The number of para-hydroxylation sites is 1. The monoisotopic (exact) mass is 455 g/mol. The van der Waals surface area contributed by atoms with Crippen LogP contribution in [0.2, 0.25) is 0 Å². The number of fused-ring (bicyclic) bond motifs is 2. The SMILES string of the molecule is c1cc(-c2ccc3nc4ccccc4cc3c2)cc(-c2ccc3ccc4cccc5ccc2c3c45)c1. The standard InChI is InChI=1S/C35H21N/c1-2-10-32-28(5-1)21-29-20-26(15-18-33(29)36-32)25-8-4-9-27(19-25)30-16-13-24-12-11-22-6-3-7-23-14-17-31(30)35(24)34(22)23/h1-21H. The van der Waals surface area contributed by atoms with Gasteiger partial charge in [-0.2, -0.15) is 0 Å². The quantitative estimate of drug-likeness (QED) is 0.187. The Hall–Kier alpha value is -4.75. The lowest BCUT2D eigenvalue weighted by Gasteiger charge is -2.15. The van der Waals surface area contributed by atoms with Crippen molar-refractivity contribution < 1.29 is 0 Å². The fourth-order valence-corrected chi connectivity index (χ4v) is 5.81. The van der Waals surface area contributed by atoms with Crippen LogP contribution in [0.25, 0.3) is 76.4 Å². The number of aromatic nitrogens is 1. The van der Waals surface area contributed by atoms with Crippen molar-refractivity contribution in [1.29, 1.82) is 0 Å². The Bertz CT molecular complexity index is 2090. The average Bonchev–Trinajstić information content (AvgIpc) is 2.94. The molecule has 0 aliphatic heterocycles. The minimum absolute atomic E-state index is 1.03. The van der Waals surface area contributed by atoms with E-state index in [0.29, 0.717) is 0 Å². The Balaban J connectivity index is 1.31. The van der Waals surface area contributed by atoms with Crippen molar-refractivity contribution in [3.63, 3.8) is 0 Å². The molecule has 1 nitrogen and oxygen atoms in total. The number of hydrogen-bond acceptors (Lipinski definition) is 1. The lowest BCUT2D eigenvalue weighted by molar-refractivity contribution is 1.49. The molecule has 1 heteroatoms. The van der Waals surface area contributed by atoms with Gasteiger partial charge in [0.15, 0.2) is 0 Å². The van der Waals surface area contributed by atoms with Crippen molar-refractivity contribution in [2.45, 2.75) is 0 Å². The molecule has 0 atom stereocenters. The first-order valence-corrected chi connectivity index (χ1v) is 12.4. The Labute approximate surface area is 208 Å². The molecule has 1 heterocycles. The van der Waals surface area contributed by atoms with Crippen molar-refractivity contribution in [3.05, 3.63) is 127 Å². The van der Waals surface area contributed by atoms with E-state index >= 15 is 0 Å². The lowest BCUT2D eigenvalue weighted by Crippen LogP contribution is -1.88. The van der Waals surface area contributed by atoms with E-state index in [1.54, 1.807) is 0 Å². The highest BCUT2D eigenvalue weighted by molar-refractivity contribution is 6.25. The van der Waals surface area contributed by atoms with Crippen LogP contribution in [0.4, 0.5) is 0 Å². The number of pyridine rings is 1. The Morgan fingerprint density at radius 3 is 1.94 bits per heavy atom. The zero-order valence-corrected chi connectivity index (χ0v) is 19.6. The third-order valence-corrected chi connectivity index (χ3v) is 7.55. The van der Waals surface area contributed by atoms with Crippen molar-refractivity contribution >= 4 is 54.1 Å². The van der Waals surface area contributed by atoms with Crippen LogP contribution >= 0.6 is 0 Å². The van der Waals surface area contributed by atoms with Crippen LogP contribution in [-0.2, 0) is 0 Å². The molecule has 0 aliphatic rings. The van der Waals surface area contributed by atoms with Crippen molar-refractivity contribution in [2.75, 3.05) is 0 Å². The molecule has 0 N–H and O–H groups in total. The highest BCUT2D eigenvalue weighted by Gasteiger charge is 2.12.